The van der Waals surface area contributed by atoms with Gasteiger partial charge < -0.3 is 15.4 Å². The first-order valence-electron chi connectivity index (χ1n) is 7.33. The summed E-state index contributed by atoms with van der Waals surface area (Å²) < 4.78 is 5.39. The fraction of sp³-hybridized carbons (Fsp3) is 0.167. The van der Waals surface area contributed by atoms with Crippen molar-refractivity contribution in [1.29, 1.82) is 0 Å². The molecule has 2 aromatic carbocycles. The maximum Gasteiger partial charge on any atom is 0.343 e. The minimum absolute atomic E-state index is 0.216. The summed E-state index contributed by atoms with van der Waals surface area (Å²) in [5.41, 5.74) is 1.83. The van der Waals surface area contributed by atoms with Gasteiger partial charge in [0, 0.05) is 25.2 Å². The van der Waals surface area contributed by atoms with Crippen molar-refractivity contribution in [2.45, 2.75) is 20.8 Å². The van der Waals surface area contributed by atoms with E-state index in [4.69, 9.17) is 4.74 Å². The lowest BCUT2D eigenvalue weighted by atomic mass is 10.1. The predicted octanol–water partition coefficient (Wildman–Crippen LogP) is 3.13. The van der Waals surface area contributed by atoms with Gasteiger partial charge in [-0.15, -0.1) is 0 Å². The largest absolute Gasteiger partial charge is 0.423 e. The van der Waals surface area contributed by atoms with Crippen molar-refractivity contribution in [3.05, 3.63) is 53.6 Å². The van der Waals surface area contributed by atoms with Crippen molar-refractivity contribution in [2.24, 2.45) is 0 Å². The molecular formula is C18H18N2O4. The second-order valence-corrected chi connectivity index (χ2v) is 5.32. The van der Waals surface area contributed by atoms with Crippen LogP contribution in [-0.4, -0.2) is 17.8 Å². The number of aryl methyl sites for hydroxylation is 1. The first kappa shape index (κ1) is 17.2. The third-order valence-corrected chi connectivity index (χ3v) is 3.11. The van der Waals surface area contributed by atoms with E-state index in [1.54, 1.807) is 18.2 Å². The van der Waals surface area contributed by atoms with Crippen LogP contribution in [-0.2, 0) is 9.59 Å². The van der Waals surface area contributed by atoms with Gasteiger partial charge in [-0.25, -0.2) is 4.79 Å². The summed E-state index contributed by atoms with van der Waals surface area (Å²) in [5.74, 6) is -0.696. The van der Waals surface area contributed by atoms with E-state index in [0.29, 0.717) is 17.1 Å². The zero-order chi connectivity index (χ0) is 17.7. The van der Waals surface area contributed by atoms with Crippen molar-refractivity contribution in [1.82, 2.24) is 0 Å². The predicted molar refractivity (Wildman–Crippen MR) is 91.2 cm³/mol. The van der Waals surface area contributed by atoms with Crippen LogP contribution in [0.15, 0.2) is 42.5 Å². The number of nitrogens with one attached hydrogen (secondary N) is 2. The Bertz CT molecular complexity index is 765. The molecule has 0 bridgehead atoms. The number of hydrogen-bond acceptors (Lipinski definition) is 4. The van der Waals surface area contributed by atoms with Crippen molar-refractivity contribution < 1.29 is 19.1 Å². The molecule has 0 unspecified atom stereocenters. The summed E-state index contributed by atoms with van der Waals surface area (Å²) in [6, 6.07) is 11.7. The fourth-order valence-electron chi connectivity index (χ4n) is 2.13. The van der Waals surface area contributed by atoms with Crippen molar-refractivity contribution in [2.75, 3.05) is 10.6 Å². The number of carbonyl (C=O) groups is 3. The standard InChI is InChI=1S/C18H18N2O4/c1-11-6-4-5-7-17(11)24-18(23)14-8-15(19-12(2)21)10-16(9-14)20-13(3)22/h4-10H,1-3H3,(H,19,21)(H,20,22). The molecule has 2 amide bonds. The van der Waals surface area contributed by atoms with Gasteiger partial charge in [0.25, 0.3) is 0 Å². The number of esters is 1. The lowest BCUT2D eigenvalue weighted by Crippen LogP contribution is -2.13. The van der Waals surface area contributed by atoms with Gasteiger partial charge in [0.05, 0.1) is 5.56 Å². The van der Waals surface area contributed by atoms with E-state index in [-0.39, 0.29) is 17.4 Å². The molecule has 0 aliphatic heterocycles. The average Bonchev–Trinajstić information content (AvgIpc) is 2.48. The number of para-hydroxylation sites is 1. The molecule has 2 rings (SSSR count). The van der Waals surface area contributed by atoms with Crippen LogP contribution >= 0.6 is 0 Å². The molecule has 0 aliphatic carbocycles. The third-order valence-electron chi connectivity index (χ3n) is 3.11. The molecule has 0 aromatic heterocycles. The minimum atomic E-state index is -0.580. The van der Waals surface area contributed by atoms with Gasteiger partial charge >= 0.3 is 5.97 Å². The zero-order valence-corrected chi connectivity index (χ0v) is 13.7. The maximum absolute atomic E-state index is 12.4. The Kier molecular flexibility index (Phi) is 5.31. The molecule has 2 N–H and O–H groups in total. The van der Waals surface area contributed by atoms with Gasteiger partial charge in [0.2, 0.25) is 11.8 Å². The summed E-state index contributed by atoms with van der Waals surface area (Å²) in [4.78, 5) is 34.9. The first-order chi connectivity index (χ1) is 11.3. The lowest BCUT2D eigenvalue weighted by Gasteiger charge is -2.11. The van der Waals surface area contributed by atoms with Crippen LogP contribution in [0.2, 0.25) is 0 Å². The lowest BCUT2D eigenvalue weighted by molar-refractivity contribution is -0.115. The van der Waals surface area contributed by atoms with E-state index in [1.807, 2.05) is 19.1 Å². The van der Waals surface area contributed by atoms with E-state index >= 15 is 0 Å². The molecule has 2 aromatic rings. The summed E-state index contributed by atoms with van der Waals surface area (Å²) in [6.07, 6.45) is 0. The second-order valence-electron chi connectivity index (χ2n) is 5.32. The highest BCUT2D eigenvalue weighted by Gasteiger charge is 2.13. The van der Waals surface area contributed by atoms with E-state index in [2.05, 4.69) is 10.6 Å². The van der Waals surface area contributed by atoms with Gasteiger partial charge in [-0.05, 0) is 36.8 Å². The maximum atomic E-state index is 12.4. The van der Waals surface area contributed by atoms with Gasteiger partial charge in [0.1, 0.15) is 5.75 Å². The molecule has 0 atom stereocenters. The van der Waals surface area contributed by atoms with Gasteiger partial charge in [0.15, 0.2) is 0 Å². The Morgan fingerprint density at radius 1 is 0.875 bits per heavy atom. The van der Waals surface area contributed by atoms with E-state index < -0.39 is 5.97 Å². The van der Waals surface area contributed by atoms with E-state index in [9.17, 15) is 14.4 Å². The molecule has 0 heterocycles. The summed E-state index contributed by atoms with van der Waals surface area (Å²) in [6.45, 7) is 4.55. The molecule has 0 fully saturated rings. The Balaban J connectivity index is 2.32. The van der Waals surface area contributed by atoms with Gasteiger partial charge in [-0.1, -0.05) is 18.2 Å². The SMILES string of the molecule is CC(=O)Nc1cc(NC(C)=O)cc(C(=O)Oc2ccccc2C)c1. The van der Waals surface area contributed by atoms with E-state index in [0.717, 1.165) is 5.56 Å². The molecule has 6 nitrogen and oxygen atoms in total. The summed E-state index contributed by atoms with van der Waals surface area (Å²) in [7, 11) is 0. The summed E-state index contributed by atoms with van der Waals surface area (Å²) in [5, 5.41) is 5.18. The highest BCUT2D eigenvalue weighted by molar-refractivity contribution is 5.98. The molecule has 6 heteroatoms. The molecule has 24 heavy (non-hydrogen) atoms. The number of amides is 2. The van der Waals surface area contributed by atoms with Crippen LogP contribution in [0.25, 0.3) is 0 Å². The molecule has 124 valence electrons. The van der Waals surface area contributed by atoms with Crippen LogP contribution in [0, 0.1) is 6.92 Å². The number of anilines is 2. The van der Waals surface area contributed by atoms with Crippen molar-refractivity contribution in [3.8, 4) is 5.75 Å². The minimum Gasteiger partial charge on any atom is -0.423 e. The van der Waals surface area contributed by atoms with Crippen molar-refractivity contribution in [3.63, 3.8) is 0 Å². The Labute approximate surface area is 139 Å². The van der Waals surface area contributed by atoms with Crippen LogP contribution in [0.3, 0.4) is 0 Å². The number of benzene rings is 2. The topological polar surface area (TPSA) is 84.5 Å². The van der Waals surface area contributed by atoms with Crippen LogP contribution in [0.4, 0.5) is 11.4 Å². The average molecular weight is 326 g/mol. The smallest absolute Gasteiger partial charge is 0.343 e. The second kappa shape index (κ2) is 7.41. The molecule has 0 radical (unpaired) electrons. The van der Waals surface area contributed by atoms with Crippen molar-refractivity contribution >= 4 is 29.2 Å². The molecule has 0 saturated heterocycles. The third kappa shape index (κ3) is 4.67. The Hall–Kier alpha value is -3.15. The van der Waals surface area contributed by atoms with Crippen LogP contribution < -0.4 is 15.4 Å². The molecule has 0 spiro atoms. The fourth-order valence-corrected chi connectivity index (χ4v) is 2.13. The Morgan fingerprint density at radius 2 is 1.42 bits per heavy atom. The first-order valence-corrected chi connectivity index (χ1v) is 7.33. The van der Waals surface area contributed by atoms with Gasteiger partial charge in [-0.3, -0.25) is 9.59 Å². The highest BCUT2D eigenvalue weighted by atomic mass is 16.5. The van der Waals surface area contributed by atoms with Crippen LogP contribution in [0.5, 0.6) is 5.75 Å². The summed E-state index contributed by atoms with van der Waals surface area (Å²) >= 11 is 0. The Morgan fingerprint density at radius 3 is 1.92 bits per heavy atom. The quantitative estimate of drug-likeness (QED) is 0.668. The monoisotopic (exact) mass is 326 g/mol. The van der Waals surface area contributed by atoms with Crippen LogP contribution in [0.1, 0.15) is 29.8 Å². The zero-order valence-electron chi connectivity index (χ0n) is 13.7. The number of ether oxygens (including phenoxy) is 1. The number of hydrogen-bond donors (Lipinski definition) is 2. The normalized spacial score (nSPS) is 9.96. The molecule has 0 aliphatic rings. The number of rotatable bonds is 4. The van der Waals surface area contributed by atoms with Gasteiger partial charge in [-0.2, -0.15) is 0 Å². The number of carbonyl (C=O) groups excluding carboxylic acids is 3. The molecular weight excluding hydrogens is 308 g/mol. The van der Waals surface area contributed by atoms with E-state index in [1.165, 1.54) is 26.0 Å². The molecule has 0 saturated carbocycles. The highest BCUT2D eigenvalue weighted by Crippen LogP contribution is 2.22.